The Hall–Kier alpha value is -2.38. The third-order valence-corrected chi connectivity index (χ3v) is 4.24. The smallest absolute Gasteiger partial charge is 0.200 e. The Morgan fingerprint density at radius 1 is 0.955 bits per heavy atom. The highest BCUT2D eigenvalue weighted by Gasteiger charge is 2.22. The van der Waals surface area contributed by atoms with E-state index in [0.717, 1.165) is 30.1 Å². The summed E-state index contributed by atoms with van der Waals surface area (Å²) in [6, 6.07) is 1.99. The van der Waals surface area contributed by atoms with Crippen LogP contribution in [0.1, 0.15) is 55.2 Å². The number of nitrogens with zero attached hydrogens (tertiary/aromatic N) is 8. The van der Waals surface area contributed by atoms with Gasteiger partial charge in [0.1, 0.15) is 0 Å². The van der Waals surface area contributed by atoms with Crippen molar-refractivity contribution < 1.29 is 0 Å². The number of hydrogen-bond acceptors (Lipinski definition) is 6. The van der Waals surface area contributed by atoms with Gasteiger partial charge in [-0.1, -0.05) is 19.3 Å². The summed E-state index contributed by atoms with van der Waals surface area (Å²) >= 11 is 0. The molecule has 0 atom stereocenters. The molecule has 1 aliphatic rings. The van der Waals surface area contributed by atoms with E-state index in [1.807, 2.05) is 19.9 Å². The first-order valence-electron chi connectivity index (χ1n) is 7.72. The third-order valence-electron chi connectivity index (χ3n) is 4.24. The molecule has 1 saturated carbocycles. The summed E-state index contributed by atoms with van der Waals surface area (Å²) in [5.74, 6) is 2.21. The second-order valence-electron chi connectivity index (χ2n) is 5.94. The Balaban J connectivity index is 1.80. The van der Waals surface area contributed by atoms with E-state index >= 15 is 0 Å². The first-order chi connectivity index (χ1) is 10.7. The summed E-state index contributed by atoms with van der Waals surface area (Å²) in [5.41, 5.74) is 1.91. The summed E-state index contributed by atoms with van der Waals surface area (Å²) in [7, 11) is 0. The Bertz CT molecular complexity index is 811. The van der Waals surface area contributed by atoms with Gasteiger partial charge < -0.3 is 0 Å². The van der Waals surface area contributed by atoms with Gasteiger partial charge in [-0.15, -0.1) is 25.5 Å². The fraction of sp³-hybridized carbons (Fsp3) is 0.571. The van der Waals surface area contributed by atoms with Gasteiger partial charge in [-0.25, -0.2) is 4.68 Å². The topological polar surface area (TPSA) is 86.7 Å². The number of aryl methyl sites for hydroxylation is 2. The highest BCUT2D eigenvalue weighted by molar-refractivity contribution is 5.26. The molecule has 114 valence electrons. The Labute approximate surface area is 127 Å². The zero-order valence-electron chi connectivity index (χ0n) is 12.8. The van der Waals surface area contributed by atoms with Gasteiger partial charge >= 0.3 is 0 Å². The van der Waals surface area contributed by atoms with E-state index in [4.69, 9.17) is 0 Å². The van der Waals surface area contributed by atoms with Gasteiger partial charge in [-0.05, 0) is 32.8 Å². The lowest BCUT2D eigenvalue weighted by atomic mass is 9.89. The van der Waals surface area contributed by atoms with Gasteiger partial charge in [-0.2, -0.15) is 9.61 Å². The van der Waals surface area contributed by atoms with Crippen LogP contribution in [0.4, 0.5) is 0 Å². The van der Waals surface area contributed by atoms with E-state index in [-0.39, 0.29) is 0 Å². The van der Waals surface area contributed by atoms with Crippen molar-refractivity contribution in [2.75, 3.05) is 0 Å². The molecule has 0 spiro atoms. The largest absolute Gasteiger partial charge is 0.290 e. The van der Waals surface area contributed by atoms with E-state index in [1.54, 1.807) is 9.20 Å². The molecule has 0 saturated heterocycles. The van der Waals surface area contributed by atoms with Crippen molar-refractivity contribution in [3.05, 3.63) is 23.3 Å². The Morgan fingerprint density at radius 2 is 1.73 bits per heavy atom. The van der Waals surface area contributed by atoms with Crippen LogP contribution in [0.25, 0.3) is 11.7 Å². The molecule has 0 radical (unpaired) electrons. The number of hydrogen-bond donors (Lipinski definition) is 0. The molecule has 0 aromatic carbocycles. The van der Waals surface area contributed by atoms with Crippen molar-refractivity contribution in [2.45, 2.75) is 51.9 Å². The maximum absolute atomic E-state index is 4.57. The van der Waals surface area contributed by atoms with Crippen LogP contribution >= 0.6 is 0 Å². The second kappa shape index (κ2) is 5.11. The lowest BCUT2D eigenvalue weighted by molar-refractivity contribution is 0.422. The highest BCUT2D eigenvalue weighted by Crippen LogP contribution is 2.31. The Kier molecular flexibility index (Phi) is 3.09. The zero-order chi connectivity index (χ0) is 15.1. The van der Waals surface area contributed by atoms with Gasteiger partial charge in [0, 0.05) is 11.6 Å². The average molecular weight is 298 g/mol. The molecule has 4 rings (SSSR count). The predicted molar refractivity (Wildman–Crippen MR) is 78.8 cm³/mol. The Morgan fingerprint density at radius 3 is 2.45 bits per heavy atom. The molecule has 0 aliphatic heterocycles. The van der Waals surface area contributed by atoms with Gasteiger partial charge in [-0.3, -0.25) is 0 Å². The maximum atomic E-state index is 4.57. The summed E-state index contributed by atoms with van der Waals surface area (Å²) in [5, 5.41) is 25.7. The lowest BCUT2D eigenvalue weighted by Crippen LogP contribution is -2.14. The molecule has 3 aromatic rings. The van der Waals surface area contributed by atoms with Crippen LogP contribution in [0.2, 0.25) is 0 Å². The number of fused-ring (bicyclic) bond motifs is 1. The predicted octanol–water partition coefficient (Wildman–Crippen LogP) is 1.76. The standard InChI is InChI=1S/C14H18N8/c1-9-8-10(2)21(19-9)14-18-17-13-16-15-12(22(13)20-14)11-6-4-3-5-7-11/h8,11H,3-7H2,1-2H3. The lowest BCUT2D eigenvalue weighted by Gasteiger charge is -2.19. The molecule has 0 bridgehead atoms. The molecular formula is C14H18N8. The van der Waals surface area contributed by atoms with Crippen LogP contribution in [0.15, 0.2) is 6.07 Å². The number of aromatic nitrogens is 8. The monoisotopic (exact) mass is 298 g/mol. The molecule has 8 heteroatoms. The van der Waals surface area contributed by atoms with Crippen molar-refractivity contribution in [3.8, 4) is 5.95 Å². The summed E-state index contributed by atoms with van der Waals surface area (Å²) < 4.78 is 3.43. The van der Waals surface area contributed by atoms with Crippen molar-refractivity contribution in [1.82, 2.24) is 39.8 Å². The van der Waals surface area contributed by atoms with Gasteiger partial charge in [0.05, 0.1) is 5.69 Å². The van der Waals surface area contributed by atoms with Crippen molar-refractivity contribution >= 4 is 5.78 Å². The first kappa shape index (κ1) is 13.3. The third kappa shape index (κ3) is 2.15. The fourth-order valence-electron chi connectivity index (χ4n) is 3.17. The molecule has 0 N–H and O–H groups in total. The van der Waals surface area contributed by atoms with Crippen LogP contribution in [-0.2, 0) is 0 Å². The SMILES string of the molecule is Cc1cc(C)n(-c2nnc3nnc(C4CCCCC4)n3n2)n1. The van der Waals surface area contributed by atoms with E-state index in [1.165, 1.54) is 19.3 Å². The van der Waals surface area contributed by atoms with Crippen LogP contribution in [-0.4, -0.2) is 39.8 Å². The van der Waals surface area contributed by atoms with Crippen molar-refractivity contribution in [2.24, 2.45) is 0 Å². The summed E-state index contributed by atoms with van der Waals surface area (Å²) in [4.78, 5) is 0. The van der Waals surface area contributed by atoms with Gasteiger partial charge in [0.15, 0.2) is 5.82 Å². The minimum Gasteiger partial charge on any atom is -0.200 e. The normalized spacial score (nSPS) is 16.5. The van der Waals surface area contributed by atoms with Gasteiger partial charge in [0.25, 0.3) is 11.7 Å². The van der Waals surface area contributed by atoms with Crippen molar-refractivity contribution in [1.29, 1.82) is 0 Å². The van der Waals surface area contributed by atoms with E-state index in [0.29, 0.717) is 17.6 Å². The molecule has 0 amide bonds. The quantitative estimate of drug-likeness (QED) is 0.716. The number of rotatable bonds is 2. The molecule has 3 heterocycles. The van der Waals surface area contributed by atoms with Gasteiger partial charge in [0.2, 0.25) is 0 Å². The summed E-state index contributed by atoms with van der Waals surface area (Å²) in [6.45, 7) is 3.92. The highest BCUT2D eigenvalue weighted by atomic mass is 15.5. The minimum absolute atomic E-state index is 0.411. The fourth-order valence-corrected chi connectivity index (χ4v) is 3.17. The molecule has 8 nitrogen and oxygen atoms in total. The van der Waals surface area contributed by atoms with E-state index in [9.17, 15) is 0 Å². The van der Waals surface area contributed by atoms with Crippen LogP contribution in [0.3, 0.4) is 0 Å². The van der Waals surface area contributed by atoms with Crippen LogP contribution in [0, 0.1) is 13.8 Å². The molecular weight excluding hydrogens is 280 g/mol. The maximum Gasteiger partial charge on any atom is 0.290 e. The van der Waals surface area contributed by atoms with Crippen LogP contribution < -0.4 is 0 Å². The zero-order valence-corrected chi connectivity index (χ0v) is 12.8. The minimum atomic E-state index is 0.411. The molecule has 22 heavy (non-hydrogen) atoms. The van der Waals surface area contributed by atoms with Crippen LogP contribution in [0.5, 0.6) is 0 Å². The van der Waals surface area contributed by atoms with E-state index < -0.39 is 0 Å². The van der Waals surface area contributed by atoms with E-state index in [2.05, 4.69) is 30.6 Å². The molecule has 1 aliphatic carbocycles. The average Bonchev–Trinajstić information content (AvgIpc) is 3.10. The molecule has 3 aromatic heterocycles. The first-order valence-corrected chi connectivity index (χ1v) is 7.72. The summed E-state index contributed by atoms with van der Waals surface area (Å²) in [6.07, 6.45) is 6.06. The second-order valence-corrected chi connectivity index (χ2v) is 5.94. The van der Waals surface area contributed by atoms with Crippen molar-refractivity contribution in [3.63, 3.8) is 0 Å². The molecule has 1 fully saturated rings. The molecule has 0 unspecified atom stereocenters.